The Hall–Kier alpha value is -3.91. The van der Waals surface area contributed by atoms with Gasteiger partial charge >= 0.3 is 0 Å². The molecule has 6 rings (SSSR count). The average molecular weight is 371 g/mol. The van der Waals surface area contributed by atoms with Gasteiger partial charge in [-0.25, -0.2) is 0 Å². The standard InChI is InChI=1S/C27H17NO/c1-2-9-20-18(7-1)8-5-11-21(20)19-15-16-25(28-17-19)24-13-6-12-23-22-10-3-4-14-26(22)29-27(23)24/h1-17H. The summed E-state index contributed by atoms with van der Waals surface area (Å²) >= 11 is 0. The third-order valence-corrected chi connectivity index (χ3v) is 5.54. The number of benzene rings is 4. The van der Waals surface area contributed by atoms with E-state index in [1.165, 1.54) is 16.3 Å². The number of hydrogen-bond donors (Lipinski definition) is 0. The zero-order valence-corrected chi connectivity index (χ0v) is 15.7. The summed E-state index contributed by atoms with van der Waals surface area (Å²) in [6, 6.07) is 33.5. The molecule has 2 aromatic heterocycles. The van der Waals surface area contributed by atoms with Gasteiger partial charge in [0.25, 0.3) is 0 Å². The van der Waals surface area contributed by atoms with E-state index < -0.39 is 0 Å². The number of hydrogen-bond acceptors (Lipinski definition) is 2. The summed E-state index contributed by atoms with van der Waals surface area (Å²) < 4.78 is 6.17. The van der Waals surface area contributed by atoms with Crippen molar-refractivity contribution in [2.75, 3.05) is 0 Å². The van der Waals surface area contributed by atoms with Gasteiger partial charge in [0.15, 0.2) is 0 Å². The fourth-order valence-electron chi connectivity index (χ4n) is 4.14. The van der Waals surface area contributed by atoms with E-state index in [0.717, 1.165) is 38.8 Å². The highest BCUT2D eigenvalue weighted by Crippen LogP contribution is 2.36. The summed E-state index contributed by atoms with van der Waals surface area (Å²) in [4.78, 5) is 4.79. The van der Waals surface area contributed by atoms with Gasteiger partial charge in [-0.15, -0.1) is 0 Å². The topological polar surface area (TPSA) is 26.0 Å². The highest BCUT2D eigenvalue weighted by Gasteiger charge is 2.13. The van der Waals surface area contributed by atoms with Crippen molar-refractivity contribution in [1.82, 2.24) is 4.98 Å². The third kappa shape index (κ3) is 2.54. The number of furan rings is 1. The molecule has 0 fully saturated rings. The van der Waals surface area contributed by atoms with Crippen LogP contribution in [-0.2, 0) is 0 Å². The lowest BCUT2D eigenvalue weighted by atomic mass is 9.99. The minimum absolute atomic E-state index is 0.888. The molecule has 0 aliphatic rings. The molecule has 4 aromatic carbocycles. The normalized spacial score (nSPS) is 11.4. The number of nitrogens with zero attached hydrogens (tertiary/aromatic N) is 1. The van der Waals surface area contributed by atoms with Gasteiger partial charge in [-0.3, -0.25) is 4.98 Å². The van der Waals surface area contributed by atoms with Crippen LogP contribution in [0.25, 0.3) is 55.1 Å². The maximum absolute atomic E-state index is 6.17. The quantitative estimate of drug-likeness (QED) is 0.315. The lowest BCUT2D eigenvalue weighted by Crippen LogP contribution is -1.87. The van der Waals surface area contributed by atoms with Crippen molar-refractivity contribution >= 4 is 32.7 Å². The predicted molar refractivity (Wildman–Crippen MR) is 120 cm³/mol. The van der Waals surface area contributed by atoms with Crippen LogP contribution in [0.2, 0.25) is 0 Å². The molecule has 29 heavy (non-hydrogen) atoms. The van der Waals surface area contributed by atoms with E-state index in [2.05, 4.69) is 78.9 Å². The first-order valence-corrected chi connectivity index (χ1v) is 9.73. The number of pyridine rings is 1. The maximum atomic E-state index is 6.17. The van der Waals surface area contributed by atoms with Crippen molar-refractivity contribution in [3.63, 3.8) is 0 Å². The molecule has 2 heteroatoms. The first-order valence-electron chi connectivity index (χ1n) is 9.73. The summed E-state index contributed by atoms with van der Waals surface area (Å²) in [7, 11) is 0. The number of fused-ring (bicyclic) bond motifs is 4. The SMILES string of the molecule is c1ccc2c(-c3ccc(-c4cccc5c4oc4ccccc45)nc3)cccc2c1. The molecule has 0 saturated carbocycles. The number of aromatic nitrogens is 1. The second kappa shape index (κ2) is 6.32. The molecule has 2 nitrogen and oxygen atoms in total. The minimum Gasteiger partial charge on any atom is -0.455 e. The molecular formula is C27H17NO. The second-order valence-electron chi connectivity index (χ2n) is 7.24. The Labute approximate surface area is 168 Å². The van der Waals surface area contributed by atoms with Crippen LogP contribution < -0.4 is 0 Å². The number of rotatable bonds is 2. The Balaban J connectivity index is 1.50. The molecule has 0 N–H and O–H groups in total. The van der Waals surface area contributed by atoms with Crippen molar-refractivity contribution in [2.24, 2.45) is 0 Å². The Morgan fingerprint density at radius 1 is 0.552 bits per heavy atom. The molecule has 0 atom stereocenters. The largest absolute Gasteiger partial charge is 0.455 e. The second-order valence-corrected chi connectivity index (χ2v) is 7.24. The molecule has 0 aliphatic heterocycles. The van der Waals surface area contributed by atoms with Crippen LogP contribution >= 0.6 is 0 Å². The van der Waals surface area contributed by atoms with Crippen molar-refractivity contribution in [3.8, 4) is 22.4 Å². The molecule has 0 saturated heterocycles. The highest BCUT2D eigenvalue weighted by atomic mass is 16.3. The Morgan fingerprint density at radius 2 is 1.28 bits per heavy atom. The fourth-order valence-corrected chi connectivity index (χ4v) is 4.14. The van der Waals surface area contributed by atoms with Gasteiger partial charge in [0.05, 0.1) is 5.69 Å². The molecule has 0 spiro atoms. The van der Waals surface area contributed by atoms with Gasteiger partial charge in [0.1, 0.15) is 11.2 Å². The van der Waals surface area contributed by atoms with E-state index in [1.54, 1.807) is 0 Å². The van der Waals surface area contributed by atoms with Gasteiger partial charge in [0, 0.05) is 28.1 Å². The third-order valence-electron chi connectivity index (χ3n) is 5.54. The van der Waals surface area contributed by atoms with Gasteiger partial charge < -0.3 is 4.42 Å². The first kappa shape index (κ1) is 16.1. The molecular weight excluding hydrogens is 354 g/mol. The summed E-state index contributed by atoms with van der Waals surface area (Å²) in [5.74, 6) is 0. The van der Waals surface area contributed by atoms with Crippen molar-refractivity contribution in [1.29, 1.82) is 0 Å². The van der Waals surface area contributed by atoms with E-state index in [0.29, 0.717) is 0 Å². The lowest BCUT2D eigenvalue weighted by Gasteiger charge is -2.08. The smallest absolute Gasteiger partial charge is 0.144 e. The van der Waals surface area contributed by atoms with E-state index in [-0.39, 0.29) is 0 Å². The van der Waals surface area contributed by atoms with Gasteiger partial charge in [0.2, 0.25) is 0 Å². The fraction of sp³-hybridized carbons (Fsp3) is 0. The lowest BCUT2D eigenvalue weighted by molar-refractivity contribution is 0.670. The molecule has 0 aliphatic carbocycles. The average Bonchev–Trinajstić information content (AvgIpc) is 3.18. The van der Waals surface area contributed by atoms with Crippen LogP contribution in [0.4, 0.5) is 0 Å². The van der Waals surface area contributed by atoms with Crippen LogP contribution in [0.3, 0.4) is 0 Å². The van der Waals surface area contributed by atoms with Gasteiger partial charge in [-0.1, -0.05) is 78.9 Å². The Morgan fingerprint density at radius 3 is 2.17 bits per heavy atom. The molecule has 136 valence electrons. The molecule has 0 amide bonds. The Kier molecular flexibility index (Phi) is 3.50. The van der Waals surface area contributed by atoms with E-state index in [9.17, 15) is 0 Å². The van der Waals surface area contributed by atoms with Crippen LogP contribution in [0.15, 0.2) is 108 Å². The zero-order chi connectivity index (χ0) is 19.2. The van der Waals surface area contributed by atoms with Gasteiger partial charge in [-0.05, 0) is 34.5 Å². The zero-order valence-electron chi connectivity index (χ0n) is 15.7. The van der Waals surface area contributed by atoms with Crippen molar-refractivity contribution < 1.29 is 4.42 Å². The first-order chi connectivity index (χ1) is 14.4. The Bertz CT molecular complexity index is 1490. The highest BCUT2D eigenvalue weighted by molar-refractivity contribution is 6.09. The molecule has 0 unspecified atom stereocenters. The maximum Gasteiger partial charge on any atom is 0.144 e. The van der Waals surface area contributed by atoms with Crippen LogP contribution in [-0.4, -0.2) is 4.98 Å². The number of para-hydroxylation sites is 2. The summed E-state index contributed by atoms with van der Waals surface area (Å²) in [5, 5.41) is 4.74. The van der Waals surface area contributed by atoms with Crippen LogP contribution in [0.1, 0.15) is 0 Å². The van der Waals surface area contributed by atoms with Crippen LogP contribution in [0.5, 0.6) is 0 Å². The molecule has 6 aromatic rings. The minimum atomic E-state index is 0.888. The predicted octanol–water partition coefficient (Wildman–Crippen LogP) is 7.47. The molecule has 2 heterocycles. The summed E-state index contributed by atoms with van der Waals surface area (Å²) in [6.07, 6.45) is 1.96. The van der Waals surface area contributed by atoms with E-state index in [4.69, 9.17) is 9.40 Å². The van der Waals surface area contributed by atoms with E-state index in [1.807, 2.05) is 24.4 Å². The molecule has 0 bridgehead atoms. The van der Waals surface area contributed by atoms with Gasteiger partial charge in [-0.2, -0.15) is 0 Å². The molecule has 0 radical (unpaired) electrons. The summed E-state index contributed by atoms with van der Waals surface area (Å²) in [6.45, 7) is 0. The monoisotopic (exact) mass is 371 g/mol. The van der Waals surface area contributed by atoms with Crippen molar-refractivity contribution in [2.45, 2.75) is 0 Å². The summed E-state index contributed by atoms with van der Waals surface area (Å²) in [5.41, 5.74) is 6.04. The van der Waals surface area contributed by atoms with Crippen molar-refractivity contribution in [3.05, 3.63) is 103 Å². The van der Waals surface area contributed by atoms with E-state index >= 15 is 0 Å². The van der Waals surface area contributed by atoms with Crippen LogP contribution in [0, 0.1) is 0 Å².